The van der Waals surface area contributed by atoms with Gasteiger partial charge < -0.3 is 14.8 Å². The molecule has 5 heteroatoms. The van der Waals surface area contributed by atoms with E-state index in [0.29, 0.717) is 6.61 Å². The van der Waals surface area contributed by atoms with E-state index in [1.807, 2.05) is 6.07 Å². The Morgan fingerprint density at radius 2 is 2.33 bits per heavy atom. The van der Waals surface area contributed by atoms with Gasteiger partial charge in [0.1, 0.15) is 5.82 Å². The average Bonchev–Trinajstić information content (AvgIpc) is 2.80. The van der Waals surface area contributed by atoms with Crippen molar-refractivity contribution >= 4 is 15.9 Å². The van der Waals surface area contributed by atoms with Gasteiger partial charge in [0.25, 0.3) is 0 Å². The van der Waals surface area contributed by atoms with E-state index >= 15 is 0 Å². The highest BCUT2D eigenvalue weighted by Crippen LogP contribution is 2.39. The highest BCUT2D eigenvalue weighted by molar-refractivity contribution is 9.10. The van der Waals surface area contributed by atoms with Crippen molar-refractivity contribution in [1.29, 1.82) is 0 Å². The molecule has 1 aromatic rings. The Bertz CT molecular complexity index is 472. The zero-order valence-electron chi connectivity index (χ0n) is 12.6. The highest BCUT2D eigenvalue weighted by Gasteiger charge is 2.41. The summed E-state index contributed by atoms with van der Waals surface area (Å²) in [4.78, 5) is 0. The van der Waals surface area contributed by atoms with Gasteiger partial charge in [0.05, 0.1) is 12.7 Å². The Morgan fingerprint density at radius 1 is 1.52 bits per heavy atom. The van der Waals surface area contributed by atoms with Crippen LogP contribution in [0.1, 0.15) is 18.9 Å². The molecule has 2 rings (SSSR count). The van der Waals surface area contributed by atoms with E-state index in [1.165, 1.54) is 12.1 Å². The highest BCUT2D eigenvalue weighted by atomic mass is 79.9. The van der Waals surface area contributed by atoms with Crippen LogP contribution in [0.5, 0.6) is 0 Å². The Labute approximate surface area is 134 Å². The Hall–Kier alpha value is -0.490. The lowest BCUT2D eigenvalue weighted by atomic mass is 9.76. The van der Waals surface area contributed by atoms with Gasteiger partial charge >= 0.3 is 0 Å². The van der Waals surface area contributed by atoms with Crippen molar-refractivity contribution in [2.75, 3.05) is 33.4 Å². The number of nitrogens with one attached hydrogen (secondary N) is 1. The molecule has 1 aromatic carbocycles. The van der Waals surface area contributed by atoms with Crippen LogP contribution in [0.4, 0.5) is 4.39 Å². The second-order valence-electron chi connectivity index (χ2n) is 5.71. The molecule has 1 aliphatic rings. The number of halogens is 2. The van der Waals surface area contributed by atoms with Gasteiger partial charge in [0, 0.05) is 36.7 Å². The molecule has 0 aromatic heterocycles. The maximum absolute atomic E-state index is 13.2. The number of ether oxygens (including phenoxy) is 2. The Morgan fingerprint density at radius 3 is 2.95 bits per heavy atom. The summed E-state index contributed by atoms with van der Waals surface area (Å²) < 4.78 is 24.9. The van der Waals surface area contributed by atoms with Crippen LogP contribution in [0.25, 0.3) is 0 Å². The number of hydrogen-bond donors (Lipinski definition) is 1. The van der Waals surface area contributed by atoms with Crippen molar-refractivity contribution in [2.24, 2.45) is 5.41 Å². The van der Waals surface area contributed by atoms with E-state index in [2.05, 4.69) is 28.2 Å². The van der Waals surface area contributed by atoms with Gasteiger partial charge in [-0.15, -0.1) is 0 Å². The summed E-state index contributed by atoms with van der Waals surface area (Å²) >= 11 is 3.47. The Balaban J connectivity index is 2.09. The molecule has 2 atom stereocenters. The lowest BCUT2D eigenvalue weighted by Crippen LogP contribution is -2.42. The molecule has 1 fully saturated rings. The number of methoxy groups -OCH3 is 1. The van der Waals surface area contributed by atoms with Crippen LogP contribution in [-0.4, -0.2) is 39.5 Å². The number of rotatable bonds is 7. The van der Waals surface area contributed by atoms with Crippen molar-refractivity contribution in [2.45, 2.75) is 25.9 Å². The number of benzene rings is 1. The predicted octanol–water partition coefficient (Wildman–Crippen LogP) is 3.16. The fourth-order valence-electron chi connectivity index (χ4n) is 2.90. The van der Waals surface area contributed by atoms with Gasteiger partial charge in [-0.3, -0.25) is 0 Å². The normalized spacial score (nSPS) is 25.4. The zero-order valence-corrected chi connectivity index (χ0v) is 14.2. The second kappa shape index (κ2) is 7.68. The minimum absolute atomic E-state index is 0.0497. The standard InChI is InChI=1S/C16H23BrFNO2/c1-12-16(5-7-21-12,11-19-6-8-20-2)10-13-3-4-14(18)9-15(13)17/h3-4,9,12,19H,5-8,10-11H2,1-2H3. The van der Waals surface area contributed by atoms with Crippen LogP contribution >= 0.6 is 15.9 Å². The van der Waals surface area contributed by atoms with E-state index in [9.17, 15) is 4.39 Å². The first-order valence-electron chi connectivity index (χ1n) is 7.32. The molecule has 0 radical (unpaired) electrons. The van der Waals surface area contributed by atoms with Gasteiger partial charge in [0.2, 0.25) is 0 Å². The minimum atomic E-state index is -0.214. The predicted molar refractivity (Wildman–Crippen MR) is 85.0 cm³/mol. The molecular formula is C16H23BrFNO2. The van der Waals surface area contributed by atoms with Crippen LogP contribution in [0.3, 0.4) is 0 Å². The van der Waals surface area contributed by atoms with Crippen molar-refractivity contribution in [3.05, 3.63) is 34.1 Å². The quantitative estimate of drug-likeness (QED) is 0.758. The zero-order chi connectivity index (χ0) is 15.3. The summed E-state index contributed by atoms with van der Waals surface area (Å²) in [5.41, 5.74) is 1.18. The van der Waals surface area contributed by atoms with Crippen LogP contribution < -0.4 is 5.32 Å². The molecule has 3 nitrogen and oxygen atoms in total. The maximum atomic E-state index is 13.2. The molecule has 0 bridgehead atoms. The van der Waals surface area contributed by atoms with E-state index in [1.54, 1.807) is 7.11 Å². The molecule has 1 saturated heterocycles. The van der Waals surface area contributed by atoms with Gasteiger partial charge in [-0.25, -0.2) is 4.39 Å². The molecule has 21 heavy (non-hydrogen) atoms. The smallest absolute Gasteiger partial charge is 0.124 e. The first-order chi connectivity index (χ1) is 10.1. The Kier molecular flexibility index (Phi) is 6.17. The van der Waals surface area contributed by atoms with E-state index in [-0.39, 0.29) is 17.3 Å². The van der Waals surface area contributed by atoms with Crippen molar-refractivity contribution in [3.63, 3.8) is 0 Å². The summed E-state index contributed by atoms with van der Waals surface area (Å²) in [5.74, 6) is -0.214. The molecule has 0 aliphatic carbocycles. The monoisotopic (exact) mass is 359 g/mol. The van der Waals surface area contributed by atoms with Gasteiger partial charge in [-0.1, -0.05) is 22.0 Å². The van der Waals surface area contributed by atoms with Gasteiger partial charge in [-0.2, -0.15) is 0 Å². The first kappa shape index (κ1) is 16.9. The molecule has 0 saturated carbocycles. The van der Waals surface area contributed by atoms with E-state index in [4.69, 9.17) is 9.47 Å². The third-order valence-corrected chi connectivity index (χ3v) is 5.09. The van der Waals surface area contributed by atoms with Crippen LogP contribution in [-0.2, 0) is 15.9 Å². The summed E-state index contributed by atoms with van der Waals surface area (Å²) in [6.45, 7) is 5.32. The molecule has 0 amide bonds. The van der Waals surface area contributed by atoms with Crippen molar-refractivity contribution < 1.29 is 13.9 Å². The second-order valence-corrected chi connectivity index (χ2v) is 6.56. The summed E-state index contributed by atoms with van der Waals surface area (Å²) in [6, 6.07) is 4.91. The first-order valence-corrected chi connectivity index (χ1v) is 8.12. The molecule has 1 aliphatic heterocycles. The molecule has 0 spiro atoms. The third-order valence-electron chi connectivity index (χ3n) is 4.35. The molecule has 2 unspecified atom stereocenters. The van der Waals surface area contributed by atoms with E-state index < -0.39 is 0 Å². The molecule has 118 valence electrons. The summed E-state index contributed by atoms with van der Waals surface area (Å²) in [6.07, 6.45) is 2.07. The van der Waals surface area contributed by atoms with Crippen LogP contribution in [0.2, 0.25) is 0 Å². The van der Waals surface area contributed by atoms with Crippen LogP contribution in [0, 0.1) is 11.2 Å². The fourth-order valence-corrected chi connectivity index (χ4v) is 3.39. The number of hydrogen-bond acceptors (Lipinski definition) is 3. The minimum Gasteiger partial charge on any atom is -0.383 e. The molecular weight excluding hydrogens is 337 g/mol. The molecule has 1 heterocycles. The third kappa shape index (κ3) is 4.25. The van der Waals surface area contributed by atoms with Crippen molar-refractivity contribution in [3.8, 4) is 0 Å². The van der Waals surface area contributed by atoms with Gasteiger partial charge in [-0.05, 0) is 37.5 Å². The van der Waals surface area contributed by atoms with Crippen molar-refractivity contribution in [1.82, 2.24) is 5.32 Å². The lowest BCUT2D eigenvalue weighted by Gasteiger charge is -2.33. The fraction of sp³-hybridized carbons (Fsp3) is 0.625. The lowest BCUT2D eigenvalue weighted by molar-refractivity contribution is 0.0619. The SMILES string of the molecule is COCCNCC1(Cc2ccc(F)cc2Br)CCOC1C. The largest absolute Gasteiger partial charge is 0.383 e. The summed E-state index contributed by atoms with van der Waals surface area (Å²) in [7, 11) is 1.70. The maximum Gasteiger partial charge on any atom is 0.124 e. The van der Waals surface area contributed by atoms with Gasteiger partial charge in [0.15, 0.2) is 0 Å². The van der Waals surface area contributed by atoms with Crippen LogP contribution in [0.15, 0.2) is 22.7 Å². The molecule has 1 N–H and O–H groups in total. The van der Waals surface area contributed by atoms with E-state index in [0.717, 1.165) is 42.6 Å². The summed E-state index contributed by atoms with van der Waals surface area (Å²) in [5, 5.41) is 3.46. The average molecular weight is 360 g/mol. The topological polar surface area (TPSA) is 30.5 Å².